The number of ether oxygens (including phenoxy) is 1. The quantitative estimate of drug-likeness (QED) is 0.523. The Hall–Kier alpha value is -0.690. The van der Waals surface area contributed by atoms with Gasteiger partial charge in [-0.15, -0.1) is 0 Å². The summed E-state index contributed by atoms with van der Waals surface area (Å²) in [7, 11) is 1.78. The summed E-state index contributed by atoms with van der Waals surface area (Å²) in [5.41, 5.74) is 0. The van der Waals surface area contributed by atoms with Crippen LogP contribution in [0.1, 0.15) is 103 Å². The minimum absolute atomic E-state index is 0.0279. The third-order valence-corrected chi connectivity index (χ3v) is 10.4. The number of nitrogens with zero attached hydrogens (tertiary/aromatic N) is 1. The first-order chi connectivity index (χ1) is 16.6. The molecule has 6 heteroatoms. The second kappa shape index (κ2) is 11.1. The fourth-order valence-corrected chi connectivity index (χ4v) is 9.04. The number of rotatable bonds is 5. The first-order valence-corrected chi connectivity index (χ1v) is 14.6. The van der Waals surface area contributed by atoms with Gasteiger partial charge in [-0.3, -0.25) is 20.3 Å². The van der Waals surface area contributed by atoms with Crippen LogP contribution in [-0.2, 0) is 9.53 Å². The predicted octanol–water partition coefficient (Wildman–Crippen LogP) is 4.93. The van der Waals surface area contributed by atoms with E-state index in [1.165, 1.54) is 89.9 Å². The van der Waals surface area contributed by atoms with Gasteiger partial charge >= 0.3 is 5.97 Å². The number of hydrogen-bond acceptors (Lipinski definition) is 5. The summed E-state index contributed by atoms with van der Waals surface area (Å²) in [6.45, 7) is 2.22. The van der Waals surface area contributed by atoms with E-state index in [1.54, 1.807) is 7.11 Å². The Balaban J connectivity index is 1.56. The molecule has 0 bridgehead atoms. The predicted molar refractivity (Wildman–Crippen MR) is 134 cm³/mol. The Labute approximate surface area is 206 Å². The molecule has 8 atom stereocenters. The molecule has 0 aromatic rings. The van der Waals surface area contributed by atoms with E-state index >= 15 is 0 Å². The average Bonchev–Trinajstić information content (AvgIpc) is 2.87. The maximum atomic E-state index is 13.3. The topological polar surface area (TPSA) is 73.8 Å². The average molecular weight is 476 g/mol. The molecule has 0 spiro atoms. The van der Waals surface area contributed by atoms with Crippen molar-refractivity contribution in [2.75, 3.05) is 7.11 Å². The molecule has 5 rings (SSSR count). The van der Waals surface area contributed by atoms with E-state index in [4.69, 9.17) is 4.74 Å². The molecule has 2 aliphatic heterocycles. The normalized spacial score (nSPS) is 43.4. The lowest BCUT2D eigenvalue weighted by Crippen LogP contribution is -2.75. The highest BCUT2D eigenvalue weighted by molar-refractivity contribution is 5.74. The van der Waals surface area contributed by atoms with Crippen LogP contribution in [0.5, 0.6) is 0 Å². The number of carbonyl (C=O) groups is 1. The molecule has 5 aliphatic rings. The van der Waals surface area contributed by atoms with Crippen LogP contribution in [0.2, 0.25) is 0 Å². The van der Waals surface area contributed by atoms with Gasteiger partial charge in [0.1, 0.15) is 18.6 Å². The lowest BCUT2D eigenvalue weighted by atomic mass is 9.56. The lowest BCUT2D eigenvalue weighted by molar-refractivity contribution is -0.182. The number of likely N-dealkylation sites (tertiary alicyclic amines) is 1. The van der Waals surface area contributed by atoms with Gasteiger partial charge in [0, 0.05) is 25.6 Å². The second-order valence-corrected chi connectivity index (χ2v) is 12.3. The van der Waals surface area contributed by atoms with Gasteiger partial charge in [0.25, 0.3) is 0 Å². The van der Waals surface area contributed by atoms with Crippen LogP contribution < -0.4 is 10.6 Å². The van der Waals surface area contributed by atoms with Crippen LogP contribution in [0.3, 0.4) is 0 Å². The molecule has 5 fully saturated rings. The highest BCUT2D eigenvalue weighted by Gasteiger charge is 2.57. The molecule has 0 aromatic heterocycles. The standard InChI is InChI=1S/C28H49N3O3/c1-18-17-23(34-2)30-28(29-18)31-25(20-13-7-4-8-14-20)22-16-10-9-15-21(22)24(26(31)27(32)33)19-11-5-3-6-12-19/h18-26,28-30H,3-17H2,1-2H3,(H,32,33). The van der Waals surface area contributed by atoms with Crippen LogP contribution in [-0.4, -0.2) is 53.7 Å². The molecule has 3 saturated carbocycles. The number of carboxylic acid groups (broad SMARTS) is 1. The maximum Gasteiger partial charge on any atom is 0.321 e. The number of carboxylic acids is 1. The minimum Gasteiger partial charge on any atom is -0.480 e. The molecular formula is C28H49N3O3. The third-order valence-electron chi connectivity index (χ3n) is 10.4. The number of nitrogens with one attached hydrogen (secondary N) is 2. The molecule has 0 amide bonds. The zero-order valence-electron chi connectivity index (χ0n) is 21.6. The molecule has 6 nitrogen and oxygen atoms in total. The van der Waals surface area contributed by atoms with E-state index in [-0.39, 0.29) is 18.4 Å². The fourth-order valence-electron chi connectivity index (χ4n) is 9.04. The molecule has 194 valence electrons. The van der Waals surface area contributed by atoms with E-state index in [1.807, 2.05) is 0 Å². The van der Waals surface area contributed by atoms with Crippen molar-refractivity contribution < 1.29 is 14.6 Å². The van der Waals surface area contributed by atoms with Crippen LogP contribution in [0.15, 0.2) is 0 Å². The van der Waals surface area contributed by atoms with Crippen molar-refractivity contribution in [2.45, 2.75) is 134 Å². The molecular weight excluding hydrogens is 426 g/mol. The van der Waals surface area contributed by atoms with Crippen molar-refractivity contribution in [3.05, 3.63) is 0 Å². The molecule has 0 radical (unpaired) electrons. The first-order valence-electron chi connectivity index (χ1n) is 14.6. The van der Waals surface area contributed by atoms with Gasteiger partial charge in [-0.2, -0.15) is 0 Å². The van der Waals surface area contributed by atoms with Gasteiger partial charge < -0.3 is 9.84 Å². The number of hydrogen-bond donors (Lipinski definition) is 3. The Morgan fingerprint density at radius 2 is 1.41 bits per heavy atom. The van der Waals surface area contributed by atoms with Crippen molar-refractivity contribution in [1.29, 1.82) is 0 Å². The van der Waals surface area contributed by atoms with Crippen molar-refractivity contribution in [2.24, 2.45) is 29.6 Å². The van der Waals surface area contributed by atoms with Crippen LogP contribution >= 0.6 is 0 Å². The number of methoxy groups -OCH3 is 1. The largest absolute Gasteiger partial charge is 0.480 e. The van der Waals surface area contributed by atoms with E-state index in [2.05, 4.69) is 22.5 Å². The van der Waals surface area contributed by atoms with Gasteiger partial charge in [-0.25, -0.2) is 0 Å². The van der Waals surface area contributed by atoms with Gasteiger partial charge in [-0.1, -0.05) is 64.2 Å². The second-order valence-electron chi connectivity index (χ2n) is 12.3. The Morgan fingerprint density at radius 3 is 2.03 bits per heavy atom. The monoisotopic (exact) mass is 475 g/mol. The van der Waals surface area contributed by atoms with Crippen molar-refractivity contribution in [3.63, 3.8) is 0 Å². The van der Waals surface area contributed by atoms with Gasteiger partial charge in [0.05, 0.1) is 0 Å². The molecule has 2 saturated heterocycles. The number of aliphatic carboxylic acids is 1. The van der Waals surface area contributed by atoms with E-state index < -0.39 is 12.0 Å². The molecule has 2 heterocycles. The van der Waals surface area contributed by atoms with Gasteiger partial charge in [-0.05, 0) is 62.2 Å². The Bertz CT molecular complexity index is 678. The SMILES string of the molecule is COC1CC(C)NC(N2C(C(=O)O)C(C3CCCCC3)C3CCCCC3C2C2CCCCC2)N1. The molecule has 3 N–H and O–H groups in total. The summed E-state index contributed by atoms with van der Waals surface area (Å²) in [5.74, 6) is 2.10. The maximum absolute atomic E-state index is 13.3. The van der Waals surface area contributed by atoms with Gasteiger partial charge in [0.2, 0.25) is 0 Å². The Morgan fingerprint density at radius 1 is 0.824 bits per heavy atom. The molecule has 3 aliphatic carbocycles. The smallest absolute Gasteiger partial charge is 0.321 e. The van der Waals surface area contributed by atoms with E-state index in [0.717, 1.165) is 6.42 Å². The molecule has 34 heavy (non-hydrogen) atoms. The van der Waals surface area contributed by atoms with Crippen LogP contribution in [0.4, 0.5) is 0 Å². The van der Waals surface area contributed by atoms with E-state index in [0.29, 0.717) is 35.8 Å². The summed E-state index contributed by atoms with van der Waals surface area (Å²) >= 11 is 0. The lowest BCUT2D eigenvalue weighted by Gasteiger charge is -2.61. The minimum atomic E-state index is -0.587. The summed E-state index contributed by atoms with van der Waals surface area (Å²) in [5, 5.41) is 18.4. The zero-order chi connectivity index (χ0) is 23.7. The highest BCUT2D eigenvalue weighted by atomic mass is 16.5. The van der Waals surface area contributed by atoms with Crippen molar-refractivity contribution >= 4 is 5.97 Å². The summed E-state index contributed by atoms with van der Waals surface area (Å²) in [6.07, 6.45) is 18.7. The fraction of sp³-hybridized carbons (Fsp3) is 0.964. The Kier molecular flexibility index (Phi) is 8.19. The molecule has 8 unspecified atom stereocenters. The van der Waals surface area contributed by atoms with Gasteiger partial charge in [0.15, 0.2) is 0 Å². The van der Waals surface area contributed by atoms with Crippen LogP contribution in [0, 0.1) is 29.6 Å². The summed E-state index contributed by atoms with van der Waals surface area (Å²) < 4.78 is 5.78. The first kappa shape index (κ1) is 25.0. The van der Waals surface area contributed by atoms with Crippen molar-refractivity contribution in [3.8, 4) is 0 Å². The number of piperidine rings is 1. The molecule has 0 aromatic carbocycles. The summed E-state index contributed by atoms with van der Waals surface area (Å²) in [4.78, 5) is 15.8. The van der Waals surface area contributed by atoms with Crippen LogP contribution in [0.25, 0.3) is 0 Å². The van der Waals surface area contributed by atoms with Crippen molar-refractivity contribution in [1.82, 2.24) is 15.5 Å². The highest BCUT2D eigenvalue weighted by Crippen LogP contribution is 2.54. The zero-order valence-corrected chi connectivity index (χ0v) is 21.6. The van der Waals surface area contributed by atoms with E-state index in [9.17, 15) is 9.90 Å². The number of fused-ring (bicyclic) bond motifs is 1. The summed E-state index contributed by atoms with van der Waals surface area (Å²) in [6, 6.07) is 0.261. The third kappa shape index (κ3) is 4.94.